The highest BCUT2D eigenvalue weighted by molar-refractivity contribution is 6.33. The molecule has 0 aliphatic heterocycles. The first-order chi connectivity index (χ1) is 8.99. The van der Waals surface area contributed by atoms with E-state index >= 15 is 0 Å². The number of nitrogens with zero attached hydrogens (tertiary/aromatic N) is 1. The van der Waals surface area contributed by atoms with Crippen LogP contribution >= 0.6 is 11.6 Å². The normalized spacial score (nSPS) is 27.0. The quantitative estimate of drug-likeness (QED) is 0.888. The fraction of sp³-hybridized carbons (Fsp3) is 0.571. The smallest absolute Gasteiger partial charge is 0.337 e. The van der Waals surface area contributed by atoms with Crippen molar-refractivity contribution in [3.8, 4) is 0 Å². The van der Waals surface area contributed by atoms with E-state index in [0.29, 0.717) is 23.7 Å². The lowest BCUT2D eigenvalue weighted by Crippen LogP contribution is -2.35. The summed E-state index contributed by atoms with van der Waals surface area (Å²) in [4.78, 5) is 15.2. The molecule has 5 heteroatoms. The van der Waals surface area contributed by atoms with Gasteiger partial charge in [0.25, 0.3) is 0 Å². The van der Waals surface area contributed by atoms with Gasteiger partial charge in [-0.3, -0.25) is 0 Å². The summed E-state index contributed by atoms with van der Waals surface area (Å²) in [5, 5.41) is 12.6. The highest BCUT2D eigenvalue weighted by Gasteiger charge is 2.27. The maximum atomic E-state index is 11.0. The molecule has 1 aliphatic carbocycles. The van der Waals surface area contributed by atoms with E-state index < -0.39 is 5.97 Å². The topological polar surface area (TPSA) is 62.2 Å². The Morgan fingerprint density at radius 2 is 2.21 bits per heavy atom. The van der Waals surface area contributed by atoms with Gasteiger partial charge in [-0.15, -0.1) is 0 Å². The summed E-state index contributed by atoms with van der Waals surface area (Å²) in [6.45, 7) is 4.49. The third kappa shape index (κ3) is 3.18. The third-order valence-corrected chi connectivity index (χ3v) is 4.43. The van der Waals surface area contributed by atoms with Gasteiger partial charge in [-0.2, -0.15) is 0 Å². The fourth-order valence-corrected chi connectivity index (χ4v) is 2.84. The largest absolute Gasteiger partial charge is 0.478 e. The van der Waals surface area contributed by atoms with E-state index in [9.17, 15) is 4.79 Å². The molecule has 104 valence electrons. The number of carboxylic acid groups (broad SMARTS) is 1. The number of halogens is 1. The minimum absolute atomic E-state index is 0.0932. The van der Waals surface area contributed by atoms with Crippen LogP contribution in [0.15, 0.2) is 12.3 Å². The number of nitrogens with one attached hydrogen (secondary N) is 1. The van der Waals surface area contributed by atoms with E-state index in [1.54, 1.807) is 0 Å². The SMILES string of the molecule is CC1CCCC(Nc2cc(C(=O)O)c(Cl)cn2)C1C. The number of aromatic nitrogens is 1. The molecule has 0 aromatic carbocycles. The summed E-state index contributed by atoms with van der Waals surface area (Å²) in [7, 11) is 0. The summed E-state index contributed by atoms with van der Waals surface area (Å²) in [5.41, 5.74) is 0.0932. The minimum atomic E-state index is -1.03. The number of hydrogen-bond acceptors (Lipinski definition) is 3. The molecule has 1 saturated carbocycles. The van der Waals surface area contributed by atoms with Gasteiger partial charge in [0, 0.05) is 12.2 Å². The first-order valence-electron chi connectivity index (χ1n) is 6.64. The Morgan fingerprint density at radius 3 is 2.89 bits per heavy atom. The zero-order valence-corrected chi connectivity index (χ0v) is 11.9. The summed E-state index contributed by atoms with van der Waals surface area (Å²) in [6, 6.07) is 1.86. The molecule has 1 heterocycles. The lowest BCUT2D eigenvalue weighted by molar-refractivity contribution is 0.0697. The number of hydrogen-bond donors (Lipinski definition) is 2. The molecule has 19 heavy (non-hydrogen) atoms. The number of carbonyl (C=O) groups is 1. The van der Waals surface area contributed by atoms with Gasteiger partial charge < -0.3 is 10.4 Å². The Bertz CT molecular complexity index is 479. The van der Waals surface area contributed by atoms with Crippen LogP contribution in [-0.4, -0.2) is 22.1 Å². The second kappa shape index (κ2) is 5.78. The van der Waals surface area contributed by atoms with Gasteiger partial charge in [-0.25, -0.2) is 9.78 Å². The Hall–Kier alpha value is -1.29. The predicted molar refractivity (Wildman–Crippen MR) is 75.8 cm³/mol. The average molecular weight is 283 g/mol. The van der Waals surface area contributed by atoms with Crippen molar-refractivity contribution in [2.75, 3.05) is 5.32 Å². The first-order valence-corrected chi connectivity index (χ1v) is 7.02. The number of anilines is 1. The fourth-order valence-electron chi connectivity index (χ4n) is 2.66. The Kier molecular flexibility index (Phi) is 4.30. The standard InChI is InChI=1S/C14H19ClN2O2/c1-8-4-3-5-12(9(8)2)17-13-6-10(14(18)19)11(15)7-16-13/h6-9,12H,3-5H2,1-2H3,(H,16,17)(H,18,19). The second-order valence-electron chi connectivity index (χ2n) is 5.37. The van der Waals surface area contributed by atoms with Crippen LogP contribution in [0.3, 0.4) is 0 Å². The van der Waals surface area contributed by atoms with Gasteiger partial charge >= 0.3 is 5.97 Å². The van der Waals surface area contributed by atoms with Crippen LogP contribution < -0.4 is 5.32 Å². The maximum absolute atomic E-state index is 11.0. The van der Waals surface area contributed by atoms with Gasteiger partial charge in [-0.1, -0.05) is 38.3 Å². The molecule has 1 aromatic rings. The van der Waals surface area contributed by atoms with E-state index in [-0.39, 0.29) is 10.6 Å². The summed E-state index contributed by atoms with van der Waals surface area (Å²) >= 11 is 5.81. The van der Waals surface area contributed by atoms with Gasteiger partial charge in [0.2, 0.25) is 0 Å². The molecule has 2 rings (SSSR count). The Morgan fingerprint density at radius 1 is 1.47 bits per heavy atom. The van der Waals surface area contributed by atoms with Crippen LogP contribution in [-0.2, 0) is 0 Å². The lowest BCUT2D eigenvalue weighted by atomic mass is 9.78. The number of pyridine rings is 1. The van der Waals surface area contributed by atoms with Gasteiger partial charge in [0.15, 0.2) is 0 Å². The molecule has 4 nitrogen and oxygen atoms in total. The summed E-state index contributed by atoms with van der Waals surface area (Å²) in [6.07, 6.45) is 4.94. The molecule has 1 fully saturated rings. The van der Waals surface area contributed by atoms with E-state index in [4.69, 9.17) is 16.7 Å². The van der Waals surface area contributed by atoms with Gasteiger partial charge in [-0.05, 0) is 24.3 Å². The molecule has 0 radical (unpaired) electrons. The van der Waals surface area contributed by atoms with Crippen molar-refractivity contribution >= 4 is 23.4 Å². The summed E-state index contributed by atoms with van der Waals surface area (Å²) < 4.78 is 0. The van der Waals surface area contributed by atoms with Crippen LogP contribution in [0.1, 0.15) is 43.5 Å². The van der Waals surface area contributed by atoms with Gasteiger partial charge in [0.1, 0.15) is 5.82 Å². The number of carboxylic acids is 1. The molecular formula is C14H19ClN2O2. The van der Waals surface area contributed by atoms with Crippen molar-refractivity contribution in [1.82, 2.24) is 4.98 Å². The third-order valence-electron chi connectivity index (χ3n) is 4.13. The van der Waals surface area contributed by atoms with Crippen LogP contribution in [0.25, 0.3) is 0 Å². The number of aromatic carboxylic acids is 1. The van der Waals surface area contributed by atoms with E-state index in [2.05, 4.69) is 24.1 Å². The molecule has 0 amide bonds. The molecular weight excluding hydrogens is 264 g/mol. The second-order valence-corrected chi connectivity index (χ2v) is 5.78. The summed E-state index contributed by atoms with van der Waals surface area (Å²) in [5.74, 6) is 0.797. The number of rotatable bonds is 3. The van der Waals surface area contributed by atoms with Crippen LogP contribution in [0, 0.1) is 11.8 Å². The zero-order valence-electron chi connectivity index (χ0n) is 11.2. The van der Waals surface area contributed by atoms with E-state index in [0.717, 1.165) is 6.42 Å². The highest BCUT2D eigenvalue weighted by Crippen LogP contribution is 2.31. The molecule has 2 N–H and O–H groups in total. The maximum Gasteiger partial charge on any atom is 0.337 e. The van der Waals surface area contributed by atoms with Gasteiger partial charge in [0.05, 0.1) is 10.6 Å². The van der Waals surface area contributed by atoms with Crippen molar-refractivity contribution in [3.05, 3.63) is 22.8 Å². The minimum Gasteiger partial charge on any atom is -0.478 e. The molecule has 1 aliphatic rings. The predicted octanol–water partition coefficient (Wildman–Crippen LogP) is 3.67. The first kappa shape index (κ1) is 14.1. The zero-order chi connectivity index (χ0) is 14.0. The van der Waals surface area contributed by atoms with Crippen molar-refractivity contribution in [2.24, 2.45) is 11.8 Å². The van der Waals surface area contributed by atoms with Crippen LogP contribution in [0.5, 0.6) is 0 Å². The molecule has 0 bridgehead atoms. The molecule has 0 saturated heterocycles. The van der Waals surface area contributed by atoms with Crippen molar-refractivity contribution in [2.45, 2.75) is 39.2 Å². The molecule has 0 spiro atoms. The van der Waals surface area contributed by atoms with Crippen LogP contribution in [0.2, 0.25) is 5.02 Å². The van der Waals surface area contributed by atoms with Crippen LogP contribution in [0.4, 0.5) is 5.82 Å². The average Bonchev–Trinajstić information content (AvgIpc) is 2.37. The van der Waals surface area contributed by atoms with E-state index in [1.807, 2.05) is 0 Å². The van der Waals surface area contributed by atoms with Crippen molar-refractivity contribution in [1.29, 1.82) is 0 Å². The van der Waals surface area contributed by atoms with E-state index in [1.165, 1.54) is 25.1 Å². The molecule has 3 unspecified atom stereocenters. The highest BCUT2D eigenvalue weighted by atomic mass is 35.5. The van der Waals surface area contributed by atoms with Crippen molar-refractivity contribution < 1.29 is 9.90 Å². The molecule has 1 aromatic heterocycles. The molecule has 3 atom stereocenters. The Labute approximate surface area is 118 Å². The Balaban J connectivity index is 2.15. The monoisotopic (exact) mass is 282 g/mol. The van der Waals surface area contributed by atoms with Crippen molar-refractivity contribution in [3.63, 3.8) is 0 Å². The lowest BCUT2D eigenvalue weighted by Gasteiger charge is -2.35.